The van der Waals surface area contributed by atoms with E-state index in [-0.39, 0.29) is 15.7 Å². The number of allylic oxidation sites excluding steroid dienone is 1. The highest BCUT2D eigenvalue weighted by Crippen LogP contribution is 2.42. The number of primary sulfonamides is 2. The van der Waals surface area contributed by atoms with Gasteiger partial charge < -0.3 is 4.74 Å². The number of nitrogens with two attached hydrogens (primary N) is 2. The van der Waals surface area contributed by atoms with Crippen LogP contribution >= 0.6 is 0 Å². The van der Waals surface area contributed by atoms with E-state index < -0.39 is 44.3 Å². The minimum absolute atomic E-state index is 0.0246. The van der Waals surface area contributed by atoms with Gasteiger partial charge >= 0.3 is 6.18 Å². The van der Waals surface area contributed by atoms with Crippen molar-refractivity contribution in [1.82, 2.24) is 0 Å². The molecule has 4 N–H and O–H groups in total. The molecule has 8 nitrogen and oxygen atoms in total. The van der Waals surface area contributed by atoms with Gasteiger partial charge in [-0.15, -0.1) is 0 Å². The van der Waals surface area contributed by atoms with Gasteiger partial charge in [0.1, 0.15) is 6.10 Å². The number of hydrogen-bond acceptors (Lipinski definition) is 6. The zero-order valence-electron chi connectivity index (χ0n) is 27.3. The Balaban J connectivity index is 0.000000823. The van der Waals surface area contributed by atoms with E-state index in [2.05, 4.69) is 4.99 Å². The number of aliphatic imine (C=N–C) groups is 1. The van der Waals surface area contributed by atoms with Crippen LogP contribution in [-0.4, -0.2) is 35.0 Å². The third kappa shape index (κ3) is 14.1. The minimum atomic E-state index is -4.64. The Morgan fingerprint density at radius 2 is 1.24 bits per heavy atom. The summed E-state index contributed by atoms with van der Waals surface area (Å²) in [5.74, 6) is -1.18. The average Bonchev–Trinajstić information content (AvgIpc) is 3.50. The molecule has 0 spiro atoms. The first kappa shape index (κ1) is 42.3. The molecule has 2 unspecified atom stereocenters. The number of halogens is 3. The molecule has 1 fully saturated rings. The Morgan fingerprint density at radius 3 is 1.64 bits per heavy atom. The second kappa shape index (κ2) is 20.4. The van der Waals surface area contributed by atoms with E-state index >= 15 is 0 Å². The third-order valence-corrected chi connectivity index (χ3v) is 8.34. The molecule has 256 valence electrons. The maximum absolute atomic E-state index is 13.1. The predicted molar refractivity (Wildman–Crippen MR) is 177 cm³/mol. The summed E-state index contributed by atoms with van der Waals surface area (Å²) in [4.78, 5) is 3.89. The van der Waals surface area contributed by atoms with E-state index in [1.54, 1.807) is 12.1 Å². The molecule has 0 amide bonds. The predicted octanol–water partition coefficient (Wildman–Crippen LogP) is 8.15. The van der Waals surface area contributed by atoms with Crippen LogP contribution < -0.4 is 10.3 Å². The highest BCUT2D eigenvalue weighted by molar-refractivity contribution is 7.89. The Hall–Kier alpha value is -2.74. The summed E-state index contributed by atoms with van der Waals surface area (Å²) in [5.41, 5.74) is 1.44. The molecule has 0 aromatic heterocycles. The molecule has 2 aliphatic rings. The third-order valence-electron chi connectivity index (χ3n) is 6.48. The van der Waals surface area contributed by atoms with Gasteiger partial charge in [0.2, 0.25) is 20.0 Å². The second-order valence-electron chi connectivity index (χ2n) is 9.40. The SMILES string of the molecule is CC.CC.CC.CC/C=C\c1ccc(S(N)(=O)=O)cc1.NS(=O)(=O)c1ccc(C2OC(C(F)(F)F)=NC2C2CCCCC2)cc1. The number of nitrogens with zero attached hydrogens (tertiary/aromatic N) is 1. The van der Waals surface area contributed by atoms with Crippen LogP contribution in [0, 0.1) is 5.92 Å². The zero-order valence-corrected chi connectivity index (χ0v) is 29.0. The number of benzene rings is 2. The summed E-state index contributed by atoms with van der Waals surface area (Å²) < 4.78 is 88.8. The first-order valence-corrected chi connectivity index (χ1v) is 18.5. The Labute approximate surface area is 268 Å². The van der Waals surface area contributed by atoms with Gasteiger partial charge in [-0.1, -0.05) is 104 Å². The van der Waals surface area contributed by atoms with Crippen LogP contribution in [0.2, 0.25) is 0 Å². The maximum Gasteiger partial charge on any atom is 0.468 e. The van der Waals surface area contributed by atoms with Crippen molar-refractivity contribution in [3.8, 4) is 0 Å². The van der Waals surface area contributed by atoms with Crippen molar-refractivity contribution in [1.29, 1.82) is 0 Å². The van der Waals surface area contributed by atoms with E-state index in [4.69, 9.17) is 15.0 Å². The maximum atomic E-state index is 13.1. The number of rotatable bonds is 6. The molecule has 1 saturated carbocycles. The Morgan fingerprint density at radius 1 is 0.800 bits per heavy atom. The minimum Gasteiger partial charge on any atom is -0.464 e. The van der Waals surface area contributed by atoms with Crippen molar-refractivity contribution < 1.29 is 34.7 Å². The van der Waals surface area contributed by atoms with Gasteiger partial charge in [-0.3, -0.25) is 0 Å². The monoisotopic (exact) mass is 677 g/mol. The van der Waals surface area contributed by atoms with Crippen LogP contribution in [0.4, 0.5) is 13.2 Å². The van der Waals surface area contributed by atoms with Gasteiger partial charge in [0, 0.05) is 0 Å². The quantitative estimate of drug-likeness (QED) is 0.317. The molecule has 2 aromatic carbocycles. The lowest BCUT2D eigenvalue weighted by atomic mass is 9.81. The van der Waals surface area contributed by atoms with E-state index in [0.29, 0.717) is 5.56 Å². The van der Waals surface area contributed by atoms with E-state index in [9.17, 15) is 30.0 Å². The van der Waals surface area contributed by atoms with Gasteiger partial charge in [-0.05, 0) is 60.6 Å². The van der Waals surface area contributed by atoms with Crippen molar-refractivity contribution >= 4 is 32.0 Å². The molecular weight excluding hydrogens is 627 g/mol. The summed E-state index contributed by atoms with van der Waals surface area (Å²) in [6.07, 6.45) is 4.04. The molecule has 2 atom stereocenters. The number of ether oxygens (including phenoxy) is 1. The summed E-state index contributed by atoms with van der Waals surface area (Å²) in [7, 11) is -7.42. The van der Waals surface area contributed by atoms with Gasteiger partial charge in [0.05, 0.1) is 15.8 Å². The highest BCUT2D eigenvalue weighted by atomic mass is 32.2. The van der Waals surface area contributed by atoms with E-state index in [0.717, 1.165) is 44.1 Å². The molecule has 0 saturated heterocycles. The Bertz CT molecular complexity index is 1390. The fourth-order valence-electron chi connectivity index (χ4n) is 4.53. The first-order valence-electron chi connectivity index (χ1n) is 15.4. The van der Waals surface area contributed by atoms with Gasteiger partial charge in [0.25, 0.3) is 5.90 Å². The summed E-state index contributed by atoms with van der Waals surface area (Å²) in [5, 5.41) is 10.0. The average molecular weight is 678 g/mol. The molecule has 1 aliphatic carbocycles. The smallest absolute Gasteiger partial charge is 0.464 e. The van der Waals surface area contributed by atoms with Crippen LogP contribution in [0.3, 0.4) is 0 Å². The lowest BCUT2D eigenvalue weighted by molar-refractivity contribution is -0.0797. The lowest BCUT2D eigenvalue weighted by Crippen LogP contribution is -2.26. The van der Waals surface area contributed by atoms with Gasteiger partial charge in [-0.2, -0.15) is 13.2 Å². The van der Waals surface area contributed by atoms with Gasteiger partial charge in [0.15, 0.2) is 0 Å². The van der Waals surface area contributed by atoms with E-state index in [1.807, 2.05) is 60.6 Å². The molecule has 4 rings (SSSR count). The molecule has 0 radical (unpaired) electrons. The van der Waals surface area contributed by atoms with E-state index in [1.165, 1.54) is 36.4 Å². The molecular formula is C32H50F3N3O5S2. The molecule has 1 heterocycles. The number of sulfonamides is 2. The fraction of sp³-hybridized carbons (Fsp3) is 0.531. The van der Waals surface area contributed by atoms with Crippen molar-refractivity contribution in [2.45, 2.75) is 115 Å². The molecule has 2 aromatic rings. The van der Waals surface area contributed by atoms with Crippen molar-refractivity contribution in [2.24, 2.45) is 21.2 Å². The summed E-state index contributed by atoms with van der Waals surface area (Å²) in [6.45, 7) is 14.0. The fourth-order valence-corrected chi connectivity index (χ4v) is 5.56. The van der Waals surface area contributed by atoms with Crippen LogP contribution in [0.15, 0.2) is 69.4 Å². The number of alkyl halides is 3. The first-order chi connectivity index (χ1) is 21.2. The summed E-state index contributed by atoms with van der Waals surface area (Å²) in [6, 6.07) is 11.3. The van der Waals surface area contributed by atoms with Crippen molar-refractivity contribution in [3.05, 3.63) is 65.7 Å². The second-order valence-corrected chi connectivity index (χ2v) is 12.5. The van der Waals surface area contributed by atoms with Crippen LogP contribution in [0.5, 0.6) is 0 Å². The van der Waals surface area contributed by atoms with Crippen molar-refractivity contribution in [3.63, 3.8) is 0 Å². The zero-order chi connectivity index (χ0) is 34.8. The van der Waals surface area contributed by atoms with Crippen molar-refractivity contribution in [2.75, 3.05) is 0 Å². The number of hydrogen-bond donors (Lipinski definition) is 2. The van der Waals surface area contributed by atoms with Crippen LogP contribution in [-0.2, 0) is 24.8 Å². The van der Waals surface area contributed by atoms with Crippen LogP contribution in [0.25, 0.3) is 6.08 Å². The summed E-state index contributed by atoms with van der Waals surface area (Å²) >= 11 is 0. The Kier molecular flexibility index (Phi) is 19.2. The molecule has 0 bridgehead atoms. The normalized spacial score (nSPS) is 18.4. The lowest BCUT2D eigenvalue weighted by Gasteiger charge is -2.29. The largest absolute Gasteiger partial charge is 0.468 e. The highest BCUT2D eigenvalue weighted by Gasteiger charge is 2.48. The molecule has 45 heavy (non-hydrogen) atoms. The van der Waals surface area contributed by atoms with Crippen LogP contribution in [0.1, 0.15) is 104 Å². The molecule has 13 heteroatoms. The molecule has 1 aliphatic heterocycles. The topological polar surface area (TPSA) is 142 Å². The van der Waals surface area contributed by atoms with Gasteiger partial charge in [-0.25, -0.2) is 32.1 Å². The standard InChI is InChI=1S/C16H19F3N2O3S.C10H13NO2S.3C2H6/c17-16(18,19)15-21-13(10-4-2-1-3-5-10)14(24-15)11-6-8-12(9-7-11)25(20,22)23;1-2-3-4-9-5-7-10(8-6-9)14(11,12)13;3*1-2/h6-10,13-14H,1-5H2,(H2,20,22,23);3-8H,2H2,1H3,(H2,11,12,13);3*1-2H3/b;4-3-;;;.